The van der Waals surface area contributed by atoms with Crippen molar-refractivity contribution in [2.45, 2.75) is 38.1 Å². The van der Waals surface area contributed by atoms with Crippen LogP contribution < -0.4 is 5.32 Å². The summed E-state index contributed by atoms with van der Waals surface area (Å²) in [5.74, 6) is -0.581. The number of nitrogens with one attached hydrogen (secondary N) is 1. The number of hydrogen-bond acceptors (Lipinski definition) is 6. The number of aliphatic carboxylic acids is 1. The predicted octanol–water partition coefficient (Wildman–Crippen LogP) is 2.10. The highest BCUT2D eigenvalue weighted by Crippen LogP contribution is 2.26. The monoisotopic (exact) mass is 335 g/mol. The van der Waals surface area contributed by atoms with Crippen molar-refractivity contribution < 1.29 is 19.2 Å². The number of rotatable bonds is 6. The summed E-state index contributed by atoms with van der Waals surface area (Å²) < 4.78 is 5.14. The third-order valence-electron chi connectivity index (χ3n) is 3.99. The molecule has 1 amide bonds. The number of thiophene rings is 1. The first-order valence-electron chi connectivity index (χ1n) is 7.51. The van der Waals surface area contributed by atoms with Crippen molar-refractivity contribution in [1.82, 2.24) is 15.5 Å². The van der Waals surface area contributed by atoms with E-state index in [9.17, 15) is 9.59 Å². The van der Waals surface area contributed by atoms with Crippen LogP contribution in [0, 0.1) is 5.92 Å². The number of hydrogen-bond donors (Lipinski definition) is 2. The number of carbonyl (C=O) groups excluding carboxylic acids is 1. The third kappa shape index (κ3) is 3.76. The van der Waals surface area contributed by atoms with E-state index >= 15 is 0 Å². The molecule has 0 unspecified atom stereocenters. The predicted molar refractivity (Wildman–Crippen MR) is 82.8 cm³/mol. The lowest BCUT2D eigenvalue weighted by Gasteiger charge is -2.17. The van der Waals surface area contributed by atoms with Crippen LogP contribution in [0.1, 0.15) is 31.6 Å². The lowest BCUT2D eigenvalue weighted by Crippen LogP contribution is -2.40. The number of aryl methyl sites for hydroxylation is 1. The number of carbonyl (C=O) groups is 2. The number of carboxylic acids is 1. The standard InChI is InChI=1S/C15H17N3O4S/c19-12(16-11-3-1-2-10(11)15(20)21)4-5-13-17-14(18-22-13)9-6-7-23-8-9/h6-8,10-11H,1-5H2,(H,16,19)(H,20,21)/t10-,11+/m1/s1. The van der Waals surface area contributed by atoms with Crippen LogP contribution in [0.3, 0.4) is 0 Å². The Bertz CT molecular complexity index is 683. The first-order chi connectivity index (χ1) is 11.1. The zero-order valence-electron chi connectivity index (χ0n) is 12.4. The zero-order valence-corrected chi connectivity index (χ0v) is 13.2. The molecule has 2 atom stereocenters. The highest BCUT2D eigenvalue weighted by Gasteiger charge is 2.33. The van der Waals surface area contributed by atoms with E-state index in [1.54, 1.807) is 11.3 Å². The van der Waals surface area contributed by atoms with Crippen LogP contribution in [-0.4, -0.2) is 33.2 Å². The number of amides is 1. The van der Waals surface area contributed by atoms with E-state index in [0.29, 0.717) is 31.0 Å². The molecule has 2 aromatic rings. The van der Waals surface area contributed by atoms with Crippen molar-refractivity contribution in [2.75, 3.05) is 0 Å². The minimum Gasteiger partial charge on any atom is -0.481 e. The summed E-state index contributed by atoms with van der Waals surface area (Å²) in [7, 11) is 0. The molecule has 0 radical (unpaired) electrons. The second-order valence-corrected chi connectivity index (χ2v) is 6.35. The fraction of sp³-hybridized carbons (Fsp3) is 0.467. The van der Waals surface area contributed by atoms with E-state index in [0.717, 1.165) is 12.0 Å². The second kappa shape index (κ2) is 6.91. The van der Waals surface area contributed by atoms with Crippen molar-refractivity contribution in [3.05, 3.63) is 22.7 Å². The van der Waals surface area contributed by atoms with Crippen LogP contribution in [0.2, 0.25) is 0 Å². The Hall–Kier alpha value is -2.22. The molecular formula is C15H17N3O4S. The van der Waals surface area contributed by atoms with Crippen LogP contribution >= 0.6 is 11.3 Å². The van der Waals surface area contributed by atoms with Gasteiger partial charge in [-0.2, -0.15) is 16.3 Å². The molecule has 122 valence electrons. The lowest BCUT2D eigenvalue weighted by molar-refractivity contribution is -0.142. The SMILES string of the molecule is O=C(CCc1nc(-c2ccsc2)no1)N[C@H]1CCC[C@H]1C(=O)O. The molecular weight excluding hydrogens is 318 g/mol. The van der Waals surface area contributed by atoms with Crippen LogP contribution in [-0.2, 0) is 16.0 Å². The van der Waals surface area contributed by atoms with Gasteiger partial charge < -0.3 is 14.9 Å². The van der Waals surface area contributed by atoms with Gasteiger partial charge in [0.05, 0.1) is 5.92 Å². The van der Waals surface area contributed by atoms with Gasteiger partial charge in [-0.1, -0.05) is 11.6 Å². The number of aromatic nitrogens is 2. The molecule has 23 heavy (non-hydrogen) atoms. The molecule has 7 nitrogen and oxygen atoms in total. The van der Waals surface area contributed by atoms with E-state index in [1.807, 2.05) is 16.8 Å². The Balaban J connectivity index is 1.50. The van der Waals surface area contributed by atoms with Crippen molar-refractivity contribution in [3.8, 4) is 11.4 Å². The maximum Gasteiger partial charge on any atom is 0.308 e. The van der Waals surface area contributed by atoms with Crippen LogP contribution in [0.15, 0.2) is 21.3 Å². The average molecular weight is 335 g/mol. The molecule has 2 aromatic heterocycles. The summed E-state index contributed by atoms with van der Waals surface area (Å²) in [6, 6.07) is 1.63. The van der Waals surface area contributed by atoms with Gasteiger partial charge in [-0.15, -0.1) is 0 Å². The zero-order chi connectivity index (χ0) is 16.2. The maximum absolute atomic E-state index is 12.0. The minimum absolute atomic E-state index is 0.182. The van der Waals surface area contributed by atoms with Gasteiger partial charge in [-0.25, -0.2) is 0 Å². The molecule has 2 N–H and O–H groups in total. The van der Waals surface area contributed by atoms with Crippen molar-refractivity contribution in [3.63, 3.8) is 0 Å². The third-order valence-corrected chi connectivity index (χ3v) is 4.68. The fourth-order valence-corrected chi connectivity index (χ4v) is 3.43. The van der Waals surface area contributed by atoms with Gasteiger partial charge in [0.2, 0.25) is 17.6 Å². The Morgan fingerprint density at radius 1 is 1.43 bits per heavy atom. The molecule has 0 aliphatic heterocycles. The van der Waals surface area contributed by atoms with Crippen molar-refractivity contribution >= 4 is 23.2 Å². The molecule has 2 heterocycles. The molecule has 0 bridgehead atoms. The summed E-state index contributed by atoms with van der Waals surface area (Å²) >= 11 is 1.55. The highest BCUT2D eigenvalue weighted by atomic mass is 32.1. The topological polar surface area (TPSA) is 105 Å². The smallest absolute Gasteiger partial charge is 0.308 e. The van der Waals surface area contributed by atoms with Gasteiger partial charge in [0.25, 0.3) is 0 Å². The van der Waals surface area contributed by atoms with Gasteiger partial charge >= 0.3 is 5.97 Å². The highest BCUT2D eigenvalue weighted by molar-refractivity contribution is 7.08. The molecule has 0 spiro atoms. The minimum atomic E-state index is -0.842. The average Bonchev–Trinajstić information content (AvgIpc) is 3.25. The van der Waals surface area contributed by atoms with E-state index in [1.165, 1.54) is 0 Å². The van der Waals surface area contributed by atoms with Gasteiger partial charge in [-0.05, 0) is 24.3 Å². The molecule has 0 aromatic carbocycles. The van der Waals surface area contributed by atoms with E-state index in [4.69, 9.17) is 9.63 Å². The molecule has 8 heteroatoms. The van der Waals surface area contributed by atoms with Crippen molar-refractivity contribution in [2.24, 2.45) is 5.92 Å². The van der Waals surface area contributed by atoms with Crippen molar-refractivity contribution in [1.29, 1.82) is 0 Å². The van der Waals surface area contributed by atoms with Crippen LogP contribution in [0.25, 0.3) is 11.4 Å². The first-order valence-corrected chi connectivity index (χ1v) is 8.45. The Labute approximate surface area is 136 Å². The fourth-order valence-electron chi connectivity index (χ4n) is 2.79. The second-order valence-electron chi connectivity index (χ2n) is 5.57. The molecule has 1 fully saturated rings. The van der Waals surface area contributed by atoms with Gasteiger partial charge in [0.1, 0.15) is 0 Å². The summed E-state index contributed by atoms with van der Waals surface area (Å²) in [5.41, 5.74) is 0.893. The molecule has 1 aliphatic carbocycles. The Morgan fingerprint density at radius 3 is 3.04 bits per heavy atom. The normalized spacial score (nSPS) is 20.5. The molecule has 3 rings (SSSR count). The number of nitrogens with zero attached hydrogens (tertiary/aromatic N) is 2. The van der Waals surface area contributed by atoms with E-state index in [-0.39, 0.29) is 18.4 Å². The Kier molecular flexibility index (Phi) is 4.71. The summed E-state index contributed by atoms with van der Waals surface area (Å²) in [6.45, 7) is 0. The molecule has 1 saturated carbocycles. The van der Waals surface area contributed by atoms with Crippen LogP contribution in [0.4, 0.5) is 0 Å². The van der Waals surface area contributed by atoms with Crippen LogP contribution in [0.5, 0.6) is 0 Å². The number of carboxylic acid groups (broad SMARTS) is 1. The molecule has 0 saturated heterocycles. The van der Waals surface area contributed by atoms with Gasteiger partial charge in [0.15, 0.2) is 0 Å². The van der Waals surface area contributed by atoms with E-state index in [2.05, 4.69) is 15.5 Å². The van der Waals surface area contributed by atoms with Gasteiger partial charge in [0, 0.05) is 29.8 Å². The van der Waals surface area contributed by atoms with Gasteiger partial charge in [-0.3, -0.25) is 9.59 Å². The largest absolute Gasteiger partial charge is 0.481 e. The van der Waals surface area contributed by atoms with E-state index < -0.39 is 11.9 Å². The first kappa shape index (κ1) is 15.7. The maximum atomic E-state index is 12.0. The lowest BCUT2D eigenvalue weighted by atomic mass is 10.0. The summed E-state index contributed by atoms with van der Waals surface area (Å²) in [5, 5.41) is 19.7. The Morgan fingerprint density at radius 2 is 2.30 bits per heavy atom. The molecule has 1 aliphatic rings. The summed E-state index contributed by atoms with van der Waals surface area (Å²) in [4.78, 5) is 27.3. The summed E-state index contributed by atoms with van der Waals surface area (Å²) in [6.07, 6.45) is 2.70. The quantitative estimate of drug-likeness (QED) is 0.837.